The lowest BCUT2D eigenvalue weighted by atomic mass is 10.1. The highest BCUT2D eigenvalue weighted by atomic mass is 32.1. The van der Waals surface area contributed by atoms with Crippen molar-refractivity contribution in [3.8, 4) is 11.3 Å². The molecule has 2 aliphatic rings. The molecule has 3 unspecified atom stereocenters. The molecule has 4 aromatic rings. The van der Waals surface area contributed by atoms with E-state index in [1.165, 1.54) is 4.88 Å². The van der Waals surface area contributed by atoms with Crippen LogP contribution in [0.2, 0.25) is 0 Å². The topological polar surface area (TPSA) is 103 Å². The summed E-state index contributed by atoms with van der Waals surface area (Å²) in [5.41, 5.74) is 3.26. The maximum absolute atomic E-state index is 11.7. The molecule has 1 aliphatic carbocycles. The Bertz CT molecular complexity index is 1570. The maximum Gasteiger partial charge on any atom is 0.323 e. The van der Waals surface area contributed by atoms with Crippen LogP contribution in [-0.2, 0) is 4.74 Å². The van der Waals surface area contributed by atoms with E-state index in [9.17, 15) is 4.79 Å². The first-order valence-electron chi connectivity index (χ1n) is 12.5. The molecular weight excluding hydrogens is 474 g/mol. The molecule has 5 heterocycles. The molecule has 3 N–H and O–H groups in total. The van der Waals surface area contributed by atoms with E-state index in [1.807, 2.05) is 10.6 Å². The van der Waals surface area contributed by atoms with Crippen LogP contribution in [0.3, 0.4) is 0 Å². The number of morpholine rings is 1. The minimum absolute atomic E-state index is 0.237. The van der Waals surface area contributed by atoms with Crippen molar-refractivity contribution in [1.82, 2.24) is 29.5 Å². The molecule has 0 bridgehead atoms. The average Bonchev–Trinajstić information content (AvgIpc) is 3.22. The molecule has 9 nitrogen and oxygen atoms in total. The number of fused-ring (bicyclic) bond motifs is 1. The van der Waals surface area contributed by atoms with Gasteiger partial charge in [-0.1, -0.05) is 6.58 Å². The second-order valence-electron chi connectivity index (χ2n) is 10.0. The van der Waals surface area contributed by atoms with Crippen LogP contribution in [0.25, 0.3) is 29.6 Å². The van der Waals surface area contributed by atoms with E-state index >= 15 is 0 Å². The summed E-state index contributed by atoms with van der Waals surface area (Å²) in [6.45, 7) is 12.3. The highest BCUT2D eigenvalue weighted by Gasteiger charge is 2.28. The molecule has 2 fully saturated rings. The smallest absolute Gasteiger partial charge is 0.323 e. The zero-order valence-corrected chi connectivity index (χ0v) is 21.6. The number of hydrogen-bond donors (Lipinski definition) is 3. The Morgan fingerprint density at radius 1 is 1.25 bits per heavy atom. The Kier molecular flexibility index (Phi) is 5.82. The lowest BCUT2D eigenvalue weighted by Crippen LogP contribution is -2.46. The summed E-state index contributed by atoms with van der Waals surface area (Å²) in [5, 5.41) is 11.6. The van der Waals surface area contributed by atoms with Gasteiger partial charge in [0.05, 0.1) is 34.8 Å². The van der Waals surface area contributed by atoms with Crippen molar-refractivity contribution < 1.29 is 4.74 Å². The van der Waals surface area contributed by atoms with Crippen LogP contribution in [0.4, 0.5) is 5.82 Å². The first-order valence-corrected chi connectivity index (χ1v) is 13.3. The van der Waals surface area contributed by atoms with Gasteiger partial charge in [-0.05, 0) is 45.8 Å². The van der Waals surface area contributed by atoms with Crippen molar-refractivity contribution in [3.05, 3.63) is 55.3 Å². The number of H-pyrrole nitrogens is 2. The summed E-state index contributed by atoms with van der Waals surface area (Å²) in [7, 11) is 0. The zero-order chi connectivity index (χ0) is 25.0. The number of nitrogens with one attached hydrogen (secondary N) is 3. The second kappa shape index (κ2) is 9.02. The third kappa shape index (κ3) is 4.52. The number of ether oxygens (including phenoxy) is 1. The number of imidazole rings is 1. The van der Waals surface area contributed by atoms with Crippen molar-refractivity contribution in [2.45, 2.75) is 57.9 Å². The van der Waals surface area contributed by atoms with E-state index in [2.05, 4.69) is 70.1 Å². The Hall–Kier alpha value is -3.21. The Morgan fingerprint density at radius 3 is 2.72 bits per heavy atom. The average molecular weight is 506 g/mol. The largest absolute Gasteiger partial charge is 0.373 e. The van der Waals surface area contributed by atoms with E-state index < -0.39 is 0 Å². The van der Waals surface area contributed by atoms with Crippen LogP contribution < -0.4 is 21.7 Å². The van der Waals surface area contributed by atoms with Crippen LogP contribution >= 0.6 is 11.3 Å². The monoisotopic (exact) mass is 505 g/mol. The molecule has 1 saturated carbocycles. The van der Waals surface area contributed by atoms with Crippen LogP contribution in [0.15, 0.2) is 28.5 Å². The molecule has 6 rings (SSSR count). The second-order valence-corrected chi connectivity index (χ2v) is 11.0. The van der Waals surface area contributed by atoms with Gasteiger partial charge < -0.3 is 20.0 Å². The molecule has 10 heteroatoms. The predicted octanol–water partition coefficient (Wildman–Crippen LogP) is 2.46. The Labute approximate surface area is 212 Å². The summed E-state index contributed by atoms with van der Waals surface area (Å²) in [4.78, 5) is 26.0. The normalized spacial score (nSPS) is 22.4. The standard InChI is InChI=1S/C26H31N7O2S/c1-14-11-32(12-15(2)35-14)17(4)23-8-19(13-36-23)22-9-24(29-20-5-6-20)33-25(30-22)18(10-27-33)7-21-16(3)28-26(34)31-21/h7-10,13-15,17,20,29H,3,5-6,11-12H2,1-2,4H3,(H2,28,31,34)/b21-7-. The molecule has 0 aromatic carbocycles. The minimum atomic E-state index is -0.281. The maximum atomic E-state index is 11.7. The van der Waals surface area contributed by atoms with Gasteiger partial charge in [-0.25, -0.2) is 9.78 Å². The van der Waals surface area contributed by atoms with Gasteiger partial charge in [0.15, 0.2) is 5.65 Å². The van der Waals surface area contributed by atoms with Crippen molar-refractivity contribution in [1.29, 1.82) is 0 Å². The number of anilines is 1. The van der Waals surface area contributed by atoms with Crippen molar-refractivity contribution in [2.24, 2.45) is 0 Å². The van der Waals surface area contributed by atoms with Gasteiger partial charge in [0.25, 0.3) is 0 Å². The van der Waals surface area contributed by atoms with Crippen molar-refractivity contribution >= 4 is 35.5 Å². The van der Waals surface area contributed by atoms with Gasteiger partial charge in [-0.3, -0.25) is 4.90 Å². The molecule has 0 radical (unpaired) electrons. The minimum Gasteiger partial charge on any atom is -0.373 e. The first kappa shape index (κ1) is 23.2. The fraction of sp³-hybridized carbons (Fsp3) is 0.423. The number of nitrogens with zero attached hydrogens (tertiary/aromatic N) is 4. The van der Waals surface area contributed by atoms with Crippen molar-refractivity contribution in [3.63, 3.8) is 0 Å². The highest BCUT2D eigenvalue weighted by molar-refractivity contribution is 7.10. The molecular formula is C26H31N7O2S. The molecule has 4 aromatic heterocycles. The summed E-state index contributed by atoms with van der Waals surface area (Å²) < 4.78 is 7.77. The Morgan fingerprint density at radius 2 is 2.03 bits per heavy atom. The van der Waals surface area contributed by atoms with Gasteiger partial charge in [0.1, 0.15) is 5.82 Å². The van der Waals surface area contributed by atoms with E-state index in [0.717, 1.165) is 54.2 Å². The van der Waals surface area contributed by atoms with Crippen LogP contribution in [0, 0.1) is 0 Å². The van der Waals surface area contributed by atoms with Gasteiger partial charge in [0.2, 0.25) is 0 Å². The quantitative estimate of drug-likeness (QED) is 0.372. The van der Waals surface area contributed by atoms with Crippen LogP contribution in [-0.4, -0.2) is 60.8 Å². The highest BCUT2D eigenvalue weighted by Crippen LogP contribution is 2.34. The fourth-order valence-electron chi connectivity index (χ4n) is 4.90. The molecule has 188 valence electrons. The van der Waals surface area contributed by atoms with Gasteiger partial charge in [-0.2, -0.15) is 9.61 Å². The Balaban J connectivity index is 1.39. The number of aromatic nitrogens is 5. The fourth-order valence-corrected chi connectivity index (χ4v) is 5.89. The number of aromatic amines is 2. The molecule has 36 heavy (non-hydrogen) atoms. The van der Waals surface area contributed by atoms with E-state index in [-0.39, 0.29) is 17.9 Å². The SMILES string of the molecule is C=c1[nH]c(=O)[nH]/c1=C\c1cnn2c(NC3CC3)cc(-c3csc(C(C)N4CC(C)OC(C)C4)c3)nc12. The molecule has 1 saturated heterocycles. The van der Waals surface area contributed by atoms with Gasteiger partial charge >= 0.3 is 5.69 Å². The van der Waals surface area contributed by atoms with Crippen LogP contribution in [0.1, 0.15) is 50.1 Å². The van der Waals surface area contributed by atoms with E-state index in [1.54, 1.807) is 17.5 Å². The van der Waals surface area contributed by atoms with Gasteiger partial charge in [-0.15, -0.1) is 11.3 Å². The lowest BCUT2D eigenvalue weighted by Gasteiger charge is -2.38. The summed E-state index contributed by atoms with van der Waals surface area (Å²) >= 11 is 1.77. The van der Waals surface area contributed by atoms with E-state index in [4.69, 9.17) is 9.72 Å². The van der Waals surface area contributed by atoms with E-state index in [0.29, 0.717) is 22.8 Å². The lowest BCUT2D eigenvalue weighted by molar-refractivity contribution is -0.0786. The molecule has 0 spiro atoms. The third-order valence-corrected chi connectivity index (χ3v) is 7.99. The third-order valence-electron chi connectivity index (χ3n) is 6.89. The predicted molar refractivity (Wildman–Crippen MR) is 143 cm³/mol. The van der Waals surface area contributed by atoms with Crippen molar-refractivity contribution in [2.75, 3.05) is 18.4 Å². The summed E-state index contributed by atoms with van der Waals surface area (Å²) in [6, 6.07) is 5.13. The number of thiophene rings is 1. The molecule has 1 aliphatic heterocycles. The molecule has 0 amide bonds. The zero-order valence-electron chi connectivity index (χ0n) is 20.7. The number of rotatable bonds is 6. The summed E-state index contributed by atoms with van der Waals surface area (Å²) in [6.07, 6.45) is 6.43. The van der Waals surface area contributed by atoms with Gasteiger partial charge in [0, 0.05) is 52.6 Å². The number of hydrogen-bond acceptors (Lipinski definition) is 7. The molecule has 3 atom stereocenters. The summed E-state index contributed by atoms with van der Waals surface area (Å²) in [5.74, 6) is 0.922. The first-order chi connectivity index (χ1) is 17.3. The van der Waals surface area contributed by atoms with Crippen LogP contribution in [0.5, 0.6) is 0 Å².